The Hall–Kier alpha value is -1.95. The molecule has 5 nitrogen and oxygen atoms in total. The lowest BCUT2D eigenvalue weighted by Crippen LogP contribution is -2.30. The van der Waals surface area contributed by atoms with Crippen LogP contribution in [0, 0.1) is 5.82 Å². The normalized spacial score (nSPS) is 11.9. The quantitative estimate of drug-likeness (QED) is 0.698. The maximum atomic E-state index is 12.8. The Morgan fingerprint density at radius 2 is 2.12 bits per heavy atom. The van der Waals surface area contributed by atoms with Crippen LogP contribution in [0.3, 0.4) is 0 Å². The van der Waals surface area contributed by atoms with Crippen LogP contribution in [0.4, 0.5) is 4.39 Å². The zero-order valence-corrected chi connectivity index (χ0v) is 8.89. The summed E-state index contributed by atoms with van der Waals surface area (Å²) in [5.41, 5.74) is 0.274. The van der Waals surface area contributed by atoms with E-state index in [1.807, 2.05) is 0 Å². The molecule has 3 N–H and O–H groups in total. The number of benzene rings is 1. The van der Waals surface area contributed by atoms with Crippen LogP contribution in [-0.2, 0) is 9.59 Å². The summed E-state index contributed by atoms with van der Waals surface area (Å²) in [6.07, 6.45) is -1.46. The fourth-order valence-electron chi connectivity index (χ4n) is 1.25. The highest BCUT2D eigenvalue weighted by molar-refractivity contribution is 5.81. The largest absolute Gasteiger partial charge is 0.480 e. The molecule has 0 radical (unpaired) electrons. The number of halogens is 1. The van der Waals surface area contributed by atoms with Gasteiger partial charge in [0.15, 0.2) is 0 Å². The van der Waals surface area contributed by atoms with Gasteiger partial charge < -0.3 is 15.5 Å². The summed E-state index contributed by atoms with van der Waals surface area (Å²) in [6.45, 7) is -0.505. The minimum Gasteiger partial charge on any atom is -0.480 e. The van der Waals surface area contributed by atoms with E-state index in [0.717, 1.165) is 6.07 Å². The van der Waals surface area contributed by atoms with Gasteiger partial charge in [-0.15, -0.1) is 0 Å². The molecule has 0 aliphatic rings. The van der Waals surface area contributed by atoms with Gasteiger partial charge in [-0.05, 0) is 17.7 Å². The summed E-state index contributed by atoms with van der Waals surface area (Å²) in [5, 5.41) is 20.0. The van der Waals surface area contributed by atoms with Crippen LogP contribution in [0.1, 0.15) is 18.1 Å². The Bertz CT molecular complexity index is 422. The molecule has 6 heteroatoms. The minimum atomic E-state index is -1.17. The van der Waals surface area contributed by atoms with Gasteiger partial charge in [0.1, 0.15) is 12.4 Å². The minimum absolute atomic E-state index is 0.274. The average Bonchev–Trinajstić information content (AvgIpc) is 2.26. The number of amides is 1. The molecule has 1 atom stereocenters. The molecule has 0 fully saturated rings. The predicted molar refractivity (Wildman–Crippen MR) is 56.6 cm³/mol. The molecule has 0 aliphatic carbocycles. The lowest BCUT2D eigenvalue weighted by molar-refractivity contribution is -0.138. The number of rotatable bonds is 5. The van der Waals surface area contributed by atoms with Crippen LogP contribution >= 0.6 is 0 Å². The van der Waals surface area contributed by atoms with Gasteiger partial charge in [0.2, 0.25) is 5.91 Å². The van der Waals surface area contributed by atoms with Crippen molar-refractivity contribution in [3.63, 3.8) is 0 Å². The lowest BCUT2D eigenvalue weighted by Gasteiger charge is -2.10. The molecular formula is C11H12FNO4. The van der Waals surface area contributed by atoms with Crippen molar-refractivity contribution in [2.24, 2.45) is 0 Å². The fraction of sp³-hybridized carbons (Fsp3) is 0.273. The topological polar surface area (TPSA) is 86.6 Å². The molecule has 1 rings (SSSR count). The summed E-state index contributed by atoms with van der Waals surface area (Å²) in [5.74, 6) is -2.28. The van der Waals surface area contributed by atoms with E-state index < -0.39 is 30.3 Å². The Kier molecular flexibility index (Phi) is 4.59. The van der Waals surface area contributed by atoms with E-state index in [0.29, 0.717) is 0 Å². The Morgan fingerprint density at radius 1 is 1.41 bits per heavy atom. The Labute approximate surface area is 96.9 Å². The number of aliphatic hydroxyl groups is 1. The summed E-state index contributed by atoms with van der Waals surface area (Å²) >= 11 is 0. The van der Waals surface area contributed by atoms with E-state index in [1.54, 1.807) is 0 Å². The second-order valence-corrected chi connectivity index (χ2v) is 3.45. The number of carboxylic acid groups (broad SMARTS) is 1. The van der Waals surface area contributed by atoms with Crippen molar-refractivity contribution in [3.05, 3.63) is 35.6 Å². The summed E-state index contributed by atoms with van der Waals surface area (Å²) < 4.78 is 12.8. The van der Waals surface area contributed by atoms with E-state index in [4.69, 9.17) is 5.11 Å². The molecule has 0 bridgehead atoms. The molecule has 17 heavy (non-hydrogen) atoms. The highest BCUT2D eigenvalue weighted by atomic mass is 19.1. The van der Waals surface area contributed by atoms with Crippen LogP contribution in [0.15, 0.2) is 24.3 Å². The standard InChI is InChI=1S/C11H12FNO4/c12-8-3-1-2-7(4-8)9(14)5-10(15)13-6-11(16)17/h1-4,9,14H,5-6H2,(H,13,15)(H,16,17). The van der Waals surface area contributed by atoms with E-state index in [2.05, 4.69) is 5.32 Å². The van der Waals surface area contributed by atoms with Gasteiger partial charge in [0, 0.05) is 0 Å². The fourth-order valence-corrected chi connectivity index (χ4v) is 1.25. The molecule has 0 aliphatic heterocycles. The van der Waals surface area contributed by atoms with E-state index in [-0.39, 0.29) is 12.0 Å². The third kappa shape index (κ3) is 4.60. The van der Waals surface area contributed by atoms with Gasteiger partial charge in [-0.1, -0.05) is 12.1 Å². The number of carboxylic acids is 1. The Morgan fingerprint density at radius 3 is 2.71 bits per heavy atom. The third-order valence-corrected chi connectivity index (χ3v) is 2.05. The van der Waals surface area contributed by atoms with Crippen molar-refractivity contribution < 1.29 is 24.2 Å². The van der Waals surface area contributed by atoms with Crippen molar-refractivity contribution in [1.29, 1.82) is 0 Å². The molecule has 0 spiro atoms. The van der Waals surface area contributed by atoms with Gasteiger partial charge >= 0.3 is 5.97 Å². The van der Waals surface area contributed by atoms with E-state index in [9.17, 15) is 19.1 Å². The first-order valence-corrected chi connectivity index (χ1v) is 4.91. The zero-order chi connectivity index (χ0) is 12.8. The van der Waals surface area contributed by atoms with Gasteiger partial charge in [-0.25, -0.2) is 4.39 Å². The molecule has 0 heterocycles. The van der Waals surface area contributed by atoms with Gasteiger partial charge in [0.05, 0.1) is 12.5 Å². The second kappa shape index (κ2) is 5.95. The van der Waals surface area contributed by atoms with Crippen LogP contribution < -0.4 is 5.32 Å². The van der Waals surface area contributed by atoms with E-state index in [1.165, 1.54) is 18.2 Å². The third-order valence-electron chi connectivity index (χ3n) is 2.05. The number of hydrogen-bond acceptors (Lipinski definition) is 3. The molecule has 1 amide bonds. The van der Waals surface area contributed by atoms with Crippen LogP contribution in [0.2, 0.25) is 0 Å². The van der Waals surface area contributed by atoms with Crippen molar-refractivity contribution in [3.8, 4) is 0 Å². The molecule has 0 saturated heterocycles. The monoisotopic (exact) mass is 241 g/mol. The van der Waals surface area contributed by atoms with Crippen LogP contribution in [0.25, 0.3) is 0 Å². The smallest absolute Gasteiger partial charge is 0.322 e. The molecule has 0 saturated carbocycles. The number of carbonyl (C=O) groups excluding carboxylic acids is 1. The first-order chi connectivity index (χ1) is 7.99. The number of hydrogen-bond donors (Lipinski definition) is 3. The Balaban J connectivity index is 2.51. The number of carbonyl (C=O) groups is 2. The van der Waals surface area contributed by atoms with Gasteiger partial charge in [-0.3, -0.25) is 9.59 Å². The number of nitrogens with one attached hydrogen (secondary N) is 1. The van der Waals surface area contributed by atoms with Gasteiger partial charge in [-0.2, -0.15) is 0 Å². The van der Waals surface area contributed by atoms with Gasteiger partial charge in [0.25, 0.3) is 0 Å². The molecule has 1 aromatic carbocycles. The van der Waals surface area contributed by atoms with Crippen molar-refractivity contribution in [1.82, 2.24) is 5.32 Å². The SMILES string of the molecule is O=C(O)CNC(=O)CC(O)c1cccc(F)c1. The second-order valence-electron chi connectivity index (χ2n) is 3.45. The zero-order valence-electron chi connectivity index (χ0n) is 8.89. The highest BCUT2D eigenvalue weighted by Gasteiger charge is 2.13. The number of aliphatic hydroxyl groups excluding tert-OH is 1. The molecule has 1 unspecified atom stereocenters. The predicted octanol–water partition coefficient (Wildman–Crippen LogP) is 0.450. The van der Waals surface area contributed by atoms with Crippen molar-refractivity contribution >= 4 is 11.9 Å². The molecule has 1 aromatic rings. The number of aliphatic carboxylic acids is 1. The average molecular weight is 241 g/mol. The lowest BCUT2D eigenvalue weighted by atomic mass is 10.1. The van der Waals surface area contributed by atoms with E-state index >= 15 is 0 Å². The molecule has 0 aromatic heterocycles. The summed E-state index contributed by atoms with van der Waals surface area (Å²) in [7, 11) is 0. The molecular weight excluding hydrogens is 229 g/mol. The first kappa shape index (κ1) is 13.1. The maximum absolute atomic E-state index is 12.8. The first-order valence-electron chi connectivity index (χ1n) is 4.91. The highest BCUT2D eigenvalue weighted by Crippen LogP contribution is 2.16. The van der Waals surface area contributed by atoms with Crippen molar-refractivity contribution in [2.45, 2.75) is 12.5 Å². The maximum Gasteiger partial charge on any atom is 0.322 e. The summed E-state index contributed by atoms with van der Waals surface area (Å²) in [6, 6.07) is 5.25. The molecule has 92 valence electrons. The summed E-state index contributed by atoms with van der Waals surface area (Å²) in [4.78, 5) is 21.4. The van der Waals surface area contributed by atoms with Crippen LogP contribution in [-0.4, -0.2) is 28.6 Å². The van der Waals surface area contributed by atoms with Crippen molar-refractivity contribution in [2.75, 3.05) is 6.54 Å². The van der Waals surface area contributed by atoms with Crippen LogP contribution in [0.5, 0.6) is 0 Å².